The van der Waals surface area contributed by atoms with E-state index in [1.54, 1.807) is 6.20 Å². The van der Waals surface area contributed by atoms with Crippen LogP contribution in [0.5, 0.6) is 0 Å². The van der Waals surface area contributed by atoms with Crippen LogP contribution in [0, 0.1) is 5.92 Å². The maximum absolute atomic E-state index is 10.4. The number of H-pyrrole nitrogens is 1. The summed E-state index contributed by atoms with van der Waals surface area (Å²) in [6.45, 7) is 3.51. The molecule has 3 fully saturated rings. The van der Waals surface area contributed by atoms with Crippen molar-refractivity contribution >= 4 is 10.9 Å². The second-order valence-corrected chi connectivity index (χ2v) is 6.03. The summed E-state index contributed by atoms with van der Waals surface area (Å²) in [6, 6.07) is 6.34. The second kappa shape index (κ2) is 4.84. The molecule has 3 N–H and O–H groups in total. The van der Waals surface area contributed by atoms with Gasteiger partial charge in [-0.2, -0.15) is 5.10 Å². The number of aliphatic hydroxyl groups is 1. The van der Waals surface area contributed by atoms with Gasteiger partial charge in [0.2, 0.25) is 0 Å². The van der Waals surface area contributed by atoms with Crippen LogP contribution in [0.15, 0.2) is 24.4 Å². The molecule has 0 saturated carbocycles. The van der Waals surface area contributed by atoms with Crippen LogP contribution in [0.4, 0.5) is 0 Å². The molecule has 1 aromatic carbocycles. The first-order valence-corrected chi connectivity index (χ1v) is 7.39. The molecular weight excluding hydrogens is 252 g/mol. The number of piperidine rings is 3. The standard InChI is InChI=1S/C15H20N4O/c20-15(11-1-2-13-12(7-11)8-16-18-13)17-14-9-19-5-3-10(14)4-6-19/h1-2,7-8,10,14-15,17,20H,3-6,9H2,(H,16,18)/t14-,15?/m1/s1. The Hall–Kier alpha value is -1.43. The summed E-state index contributed by atoms with van der Waals surface area (Å²) in [5, 5.41) is 21.8. The van der Waals surface area contributed by atoms with Crippen molar-refractivity contribution in [3.63, 3.8) is 0 Å². The van der Waals surface area contributed by atoms with E-state index in [-0.39, 0.29) is 0 Å². The van der Waals surface area contributed by atoms with Crippen molar-refractivity contribution in [2.45, 2.75) is 25.1 Å². The first-order chi connectivity index (χ1) is 9.79. The summed E-state index contributed by atoms with van der Waals surface area (Å²) in [6.07, 6.45) is 3.70. The number of fused-ring (bicyclic) bond motifs is 4. The number of nitrogens with one attached hydrogen (secondary N) is 2. The average Bonchev–Trinajstić information content (AvgIpc) is 2.96. The zero-order valence-electron chi connectivity index (χ0n) is 11.4. The number of hydrogen-bond acceptors (Lipinski definition) is 4. The molecular formula is C15H20N4O. The normalized spacial score (nSPS) is 30.8. The van der Waals surface area contributed by atoms with Gasteiger partial charge < -0.3 is 10.0 Å². The van der Waals surface area contributed by atoms with Gasteiger partial charge in [-0.1, -0.05) is 6.07 Å². The molecule has 2 aromatic rings. The van der Waals surface area contributed by atoms with Crippen LogP contribution in [0.3, 0.4) is 0 Å². The van der Waals surface area contributed by atoms with Crippen molar-refractivity contribution in [1.82, 2.24) is 20.4 Å². The van der Waals surface area contributed by atoms with Gasteiger partial charge in [-0.3, -0.25) is 10.4 Å². The number of rotatable bonds is 3. The Kier molecular flexibility index (Phi) is 2.98. The summed E-state index contributed by atoms with van der Waals surface area (Å²) >= 11 is 0. The largest absolute Gasteiger partial charge is 0.374 e. The molecule has 0 amide bonds. The van der Waals surface area contributed by atoms with Crippen LogP contribution >= 0.6 is 0 Å². The third-order valence-electron chi connectivity index (χ3n) is 4.81. The molecule has 0 aliphatic carbocycles. The van der Waals surface area contributed by atoms with E-state index in [1.165, 1.54) is 25.9 Å². The molecule has 0 radical (unpaired) electrons. The van der Waals surface area contributed by atoms with Crippen molar-refractivity contribution in [2.24, 2.45) is 5.92 Å². The van der Waals surface area contributed by atoms with Crippen molar-refractivity contribution in [3.05, 3.63) is 30.0 Å². The number of nitrogens with zero attached hydrogens (tertiary/aromatic N) is 2. The van der Waals surface area contributed by atoms with Crippen LogP contribution < -0.4 is 5.32 Å². The van der Waals surface area contributed by atoms with Gasteiger partial charge in [0.05, 0.1) is 11.7 Å². The highest BCUT2D eigenvalue weighted by Crippen LogP contribution is 2.29. The molecule has 2 bridgehead atoms. The third kappa shape index (κ3) is 2.12. The second-order valence-electron chi connectivity index (χ2n) is 6.03. The van der Waals surface area contributed by atoms with Gasteiger partial charge >= 0.3 is 0 Å². The highest BCUT2D eigenvalue weighted by molar-refractivity contribution is 5.78. The van der Waals surface area contributed by atoms with Gasteiger partial charge in [0.25, 0.3) is 0 Å². The molecule has 3 aliphatic heterocycles. The molecule has 0 spiro atoms. The monoisotopic (exact) mass is 272 g/mol. The Morgan fingerprint density at radius 1 is 1.35 bits per heavy atom. The number of aromatic amines is 1. The summed E-state index contributed by atoms with van der Waals surface area (Å²) in [5.41, 5.74) is 1.92. The maximum Gasteiger partial charge on any atom is 0.131 e. The van der Waals surface area contributed by atoms with Crippen molar-refractivity contribution < 1.29 is 5.11 Å². The van der Waals surface area contributed by atoms with Gasteiger partial charge in [-0.05, 0) is 49.5 Å². The lowest BCUT2D eigenvalue weighted by Gasteiger charge is -2.45. The quantitative estimate of drug-likeness (QED) is 0.736. The van der Waals surface area contributed by atoms with Crippen LogP contribution in [0.1, 0.15) is 24.6 Å². The van der Waals surface area contributed by atoms with Crippen molar-refractivity contribution in [1.29, 1.82) is 0 Å². The summed E-state index contributed by atoms with van der Waals surface area (Å²) in [7, 11) is 0. The summed E-state index contributed by atoms with van der Waals surface area (Å²) < 4.78 is 0. The van der Waals surface area contributed by atoms with E-state index >= 15 is 0 Å². The van der Waals surface area contributed by atoms with Crippen LogP contribution in [0.25, 0.3) is 10.9 Å². The van der Waals surface area contributed by atoms with Crippen LogP contribution in [0.2, 0.25) is 0 Å². The number of aliphatic hydroxyl groups excluding tert-OH is 1. The molecule has 5 rings (SSSR count). The SMILES string of the molecule is OC(N[C@@H]1CN2CCC1CC2)c1ccc2[nH]ncc2c1. The fourth-order valence-corrected chi connectivity index (χ4v) is 3.58. The molecule has 1 unspecified atom stereocenters. The lowest BCUT2D eigenvalue weighted by atomic mass is 9.84. The summed E-state index contributed by atoms with van der Waals surface area (Å²) in [4.78, 5) is 2.49. The van der Waals surface area contributed by atoms with E-state index in [4.69, 9.17) is 0 Å². The number of benzene rings is 1. The highest BCUT2D eigenvalue weighted by atomic mass is 16.3. The lowest BCUT2D eigenvalue weighted by Crippen LogP contribution is -2.56. The minimum atomic E-state index is -0.597. The van der Waals surface area contributed by atoms with Gasteiger partial charge in [0.15, 0.2) is 0 Å². The van der Waals surface area contributed by atoms with E-state index in [2.05, 4.69) is 20.4 Å². The predicted octanol–water partition coefficient (Wildman–Crippen LogP) is 1.24. The Balaban J connectivity index is 1.50. The molecule has 5 nitrogen and oxygen atoms in total. The van der Waals surface area contributed by atoms with E-state index in [0.717, 1.165) is 23.0 Å². The molecule has 20 heavy (non-hydrogen) atoms. The topological polar surface area (TPSA) is 64.2 Å². The minimum Gasteiger partial charge on any atom is -0.374 e. The zero-order chi connectivity index (χ0) is 13.5. The smallest absolute Gasteiger partial charge is 0.131 e. The highest BCUT2D eigenvalue weighted by Gasteiger charge is 2.34. The Morgan fingerprint density at radius 2 is 2.20 bits per heavy atom. The minimum absolute atomic E-state index is 0.410. The molecule has 2 atom stereocenters. The first kappa shape index (κ1) is 12.3. The predicted molar refractivity (Wildman–Crippen MR) is 77.1 cm³/mol. The molecule has 1 aromatic heterocycles. The van der Waals surface area contributed by atoms with Crippen molar-refractivity contribution in [2.75, 3.05) is 19.6 Å². The fourth-order valence-electron chi connectivity index (χ4n) is 3.58. The molecule has 3 saturated heterocycles. The van der Waals surface area contributed by atoms with E-state index in [1.807, 2.05) is 18.2 Å². The molecule has 3 aliphatic rings. The molecule has 5 heteroatoms. The molecule has 4 heterocycles. The number of hydrogen-bond donors (Lipinski definition) is 3. The van der Waals surface area contributed by atoms with Crippen LogP contribution in [-0.2, 0) is 0 Å². The van der Waals surface area contributed by atoms with Gasteiger partial charge in [0, 0.05) is 18.0 Å². The third-order valence-corrected chi connectivity index (χ3v) is 4.81. The summed E-state index contributed by atoms with van der Waals surface area (Å²) in [5.74, 6) is 0.715. The average molecular weight is 272 g/mol. The Morgan fingerprint density at radius 3 is 2.95 bits per heavy atom. The van der Waals surface area contributed by atoms with Crippen LogP contribution in [-0.4, -0.2) is 45.9 Å². The fraction of sp³-hybridized carbons (Fsp3) is 0.533. The van der Waals surface area contributed by atoms with Gasteiger partial charge in [-0.25, -0.2) is 0 Å². The Bertz CT molecular complexity index is 603. The van der Waals surface area contributed by atoms with E-state index in [0.29, 0.717) is 12.0 Å². The Labute approximate surface area is 118 Å². The zero-order valence-corrected chi connectivity index (χ0v) is 11.4. The van der Waals surface area contributed by atoms with E-state index in [9.17, 15) is 5.11 Å². The van der Waals surface area contributed by atoms with Gasteiger partial charge in [0.1, 0.15) is 6.23 Å². The maximum atomic E-state index is 10.4. The molecule has 106 valence electrons. The lowest BCUT2D eigenvalue weighted by molar-refractivity contribution is 0.0310. The van der Waals surface area contributed by atoms with Crippen molar-refractivity contribution in [3.8, 4) is 0 Å². The van der Waals surface area contributed by atoms with E-state index < -0.39 is 6.23 Å². The van der Waals surface area contributed by atoms with Gasteiger partial charge in [-0.15, -0.1) is 0 Å². The first-order valence-electron chi connectivity index (χ1n) is 7.39. The number of aromatic nitrogens is 2.